The first-order valence-corrected chi connectivity index (χ1v) is 8.74. The average molecular weight is 367 g/mol. The fourth-order valence-electron chi connectivity index (χ4n) is 2.82. The highest BCUT2D eigenvalue weighted by Crippen LogP contribution is 2.30. The molecule has 0 aliphatic rings. The van der Waals surface area contributed by atoms with Gasteiger partial charge in [0.2, 0.25) is 0 Å². The van der Waals surface area contributed by atoms with E-state index in [0.717, 1.165) is 34.0 Å². The topological polar surface area (TPSA) is 90.3 Å². The number of nitrogens with zero attached hydrogens (tertiary/aromatic N) is 3. The molecular formula is C20H23N4O3+. The van der Waals surface area contributed by atoms with Crippen molar-refractivity contribution in [3.63, 3.8) is 0 Å². The number of carbonyl (C=O) groups is 1. The third kappa shape index (κ3) is 4.51. The Balaban J connectivity index is 1.78. The Kier molecular flexibility index (Phi) is 5.83. The van der Waals surface area contributed by atoms with Crippen molar-refractivity contribution in [1.82, 2.24) is 15.4 Å². The van der Waals surface area contributed by atoms with E-state index in [0.29, 0.717) is 13.0 Å². The molecule has 0 bridgehead atoms. The molecule has 2 aromatic carbocycles. The third-order valence-corrected chi connectivity index (χ3v) is 4.17. The zero-order chi connectivity index (χ0) is 19.2. The fourth-order valence-corrected chi connectivity index (χ4v) is 2.82. The second kappa shape index (κ2) is 8.46. The van der Waals surface area contributed by atoms with Crippen LogP contribution in [0.1, 0.15) is 18.7 Å². The highest BCUT2D eigenvalue weighted by molar-refractivity contribution is 5.91. The van der Waals surface area contributed by atoms with Crippen molar-refractivity contribution in [1.29, 1.82) is 0 Å². The monoisotopic (exact) mass is 367 g/mol. The van der Waals surface area contributed by atoms with Crippen LogP contribution in [0.15, 0.2) is 48.5 Å². The van der Waals surface area contributed by atoms with Gasteiger partial charge in [0, 0.05) is 30.6 Å². The predicted molar refractivity (Wildman–Crippen MR) is 105 cm³/mol. The summed E-state index contributed by atoms with van der Waals surface area (Å²) in [6.45, 7) is 2.30. The van der Waals surface area contributed by atoms with Gasteiger partial charge >= 0.3 is 0 Å². The summed E-state index contributed by atoms with van der Waals surface area (Å²) in [6, 6.07) is 15.7. The molecule has 0 saturated carbocycles. The molecule has 1 heterocycles. The van der Waals surface area contributed by atoms with E-state index in [9.17, 15) is 4.79 Å². The van der Waals surface area contributed by atoms with Crippen LogP contribution in [-0.4, -0.2) is 34.7 Å². The van der Waals surface area contributed by atoms with Crippen LogP contribution in [0.25, 0.3) is 10.9 Å². The Hall–Kier alpha value is -3.19. The minimum atomic E-state index is -0.307. The van der Waals surface area contributed by atoms with Gasteiger partial charge in [-0.1, -0.05) is 18.2 Å². The summed E-state index contributed by atoms with van der Waals surface area (Å²) in [7, 11) is 1.96. The molecule has 0 fully saturated rings. The largest absolute Gasteiger partial charge is 0.494 e. The summed E-state index contributed by atoms with van der Waals surface area (Å²) in [5.74, 6) is 1.97. The molecule has 3 rings (SSSR count). The number of hydroxylamine groups is 1. The van der Waals surface area contributed by atoms with Crippen molar-refractivity contribution in [2.24, 2.45) is 0 Å². The van der Waals surface area contributed by atoms with Gasteiger partial charge in [0.05, 0.1) is 12.1 Å². The summed E-state index contributed by atoms with van der Waals surface area (Å²) in [6.07, 6.45) is 0.829. The lowest BCUT2D eigenvalue weighted by atomic mass is 10.2. The zero-order valence-electron chi connectivity index (χ0n) is 15.4. The minimum absolute atomic E-state index is 0.273. The van der Waals surface area contributed by atoms with Gasteiger partial charge in [-0.05, 0) is 37.6 Å². The summed E-state index contributed by atoms with van der Waals surface area (Å²) in [5, 5.41) is 7.77. The Morgan fingerprint density at radius 2 is 2.00 bits per heavy atom. The molecule has 1 aromatic heterocycles. The first kappa shape index (κ1) is 18.6. The van der Waals surface area contributed by atoms with E-state index in [1.54, 1.807) is 0 Å². The van der Waals surface area contributed by atoms with E-state index in [1.807, 2.05) is 72.9 Å². The lowest BCUT2D eigenvalue weighted by molar-refractivity contribution is -0.129. The second-order valence-electron chi connectivity index (χ2n) is 6.17. The normalized spacial score (nSPS) is 10.6. The van der Waals surface area contributed by atoms with E-state index >= 15 is 0 Å². The summed E-state index contributed by atoms with van der Waals surface area (Å²) in [4.78, 5) is 22.2. The summed E-state index contributed by atoms with van der Waals surface area (Å²) < 4.78 is 5.74. The van der Waals surface area contributed by atoms with Crippen LogP contribution in [0.4, 0.5) is 11.5 Å². The van der Waals surface area contributed by atoms with Crippen LogP contribution in [0, 0.1) is 6.92 Å². The molecule has 1 amide bonds. The molecule has 140 valence electrons. The van der Waals surface area contributed by atoms with Crippen molar-refractivity contribution < 1.29 is 14.7 Å². The number of ether oxygens (including phenoxy) is 1. The highest BCUT2D eigenvalue weighted by atomic mass is 16.5. The number of aryl methyl sites for hydroxylation is 1. The number of hydrogen-bond acceptors (Lipinski definition) is 5. The van der Waals surface area contributed by atoms with Gasteiger partial charge in [0.25, 0.3) is 5.91 Å². The SMILES string of the molecule is Cc1nc(N(C)c2cccc(OCCCC(=O)N[OH2+])c2)c2ccccc2n1. The van der Waals surface area contributed by atoms with Gasteiger partial charge in [0.15, 0.2) is 0 Å². The van der Waals surface area contributed by atoms with Crippen molar-refractivity contribution in [3.8, 4) is 5.75 Å². The zero-order valence-corrected chi connectivity index (χ0v) is 15.4. The maximum Gasteiger partial charge on any atom is 0.283 e. The molecule has 7 nitrogen and oxygen atoms in total. The molecule has 0 saturated heterocycles. The maximum absolute atomic E-state index is 11.1. The van der Waals surface area contributed by atoms with Crippen molar-refractivity contribution >= 4 is 28.3 Å². The number of nitrogens with one attached hydrogen (secondary N) is 1. The number of aromatic nitrogens is 2. The Labute approximate surface area is 157 Å². The van der Waals surface area contributed by atoms with Gasteiger partial charge in [-0.25, -0.2) is 9.97 Å². The van der Waals surface area contributed by atoms with Crippen LogP contribution >= 0.6 is 0 Å². The van der Waals surface area contributed by atoms with Gasteiger partial charge in [-0.15, -0.1) is 5.48 Å². The van der Waals surface area contributed by atoms with Crippen molar-refractivity contribution in [2.75, 3.05) is 18.6 Å². The smallest absolute Gasteiger partial charge is 0.283 e. The quantitative estimate of drug-likeness (QED) is 0.394. The van der Waals surface area contributed by atoms with Crippen molar-refractivity contribution in [2.45, 2.75) is 19.8 Å². The number of rotatable bonds is 7. The highest BCUT2D eigenvalue weighted by Gasteiger charge is 2.12. The molecule has 0 unspecified atom stereocenters. The Morgan fingerprint density at radius 3 is 2.81 bits per heavy atom. The van der Waals surface area contributed by atoms with Crippen LogP contribution in [0.5, 0.6) is 5.75 Å². The lowest BCUT2D eigenvalue weighted by Gasteiger charge is -2.21. The number of hydrogen-bond donors (Lipinski definition) is 1. The third-order valence-electron chi connectivity index (χ3n) is 4.17. The molecule has 0 spiro atoms. The molecule has 7 heteroatoms. The molecule has 0 aliphatic heterocycles. The molecule has 0 atom stereocenters. The minimum Gasteiger partial charge on any atom is -0.494 e. The standard InChI is InChI=1S/C20H22N4O3/c1-14-21-18-10-4-3-9-17(18)20(22-14)24(2)15-7-5-8-16(13-15)27-12-6-11-19(25)23-26/h3-5,7-10,13,26H,6,11-12H2,1-2H3,(H,23,25)/p+1. The summed E-state index contributed by atoms with van der Waals surface area (Å²) in [5.41, 5.74) is 3.72. The average Bonchev–Trinajstić information content (AvgIpc) is 2.70. The summed E-state index contributed by atoms with van der Waals surface area (Å²) >= 11 is 0. The van der Waals surface area contributed by atoms with Crippen LogP contribution in [0.3, 0.4) is 0 Å². The van der Waals surface area contributed by atoms with Gasteiger partial charge in [-0.2, -0.15) is 0 Å². The number of fused-ring (bicyclic) bond motifs is 1. The van der Waals surface area contributed by atoms with Crippen LogP contribution in [-0.2, 0) is 4.79 Å². The van der Waals surface area contributed by atoms with Crippen molar-refractivity contribution in [3.05, 3.63) is 54.4 Å². The van der Waals surface area contributed by atoms with E-state index in [-0.39, 0.29) is 12.3 Å². The van der Waals surface area contributed by atoms with E-state index in [1.165, 1.54) is 0 Å². The number of benzene rings is 2. The van der Waals surface area contributed by atoms with Gasteiger partial charge < -0.3 is 14.8 Å². The number of amides is 1. The van der Waals surface area contributed by atoms with E-state index in [2.05, 4.69) is 9.97 Å². The number of para-hydroxylation sites is 1. The van der Waals surface area contributed by atoms with Gasteiger partial charge in [-0.3, -0.25) is 4.79 Å². The molecular weight excluding hydrogens is 344 g/mol. The van der Waals surface area contributed by atoms with Gasteiger partial charge in [0.1, 0.15) is 17.4 Å². The number of carbonyl (C=O) groups excluding carboxylic acids is 1. The molecule has 3 aromatic rings. The van der Waals surface area contributed by atoms with E-state index < -0.39 is 0 Å². The van der Waals surface area contributed by atoms with Crippen LogP contribution < -0.4 is 15.1 Å². The maximum atomic E-state index is 11.1. The first-order chi connectivity index (χ1) is 13.1. The Morgan fingerprint density at radius 1 is 1.19 bits per heavy atom. The molecule has 27 heavy (non-hydrogen) atoms. The first-order valence-electron chi connectivity index (χ1n) is 8.74. The molecule has 0 aliphatic carbocycles. The second-order valence-corrected chi connectivity index (χ2v) is 6.17. The molecule has 3 N–H and O–H groups in total. The van der Waals surface area contributed by atoms with Crippen LogP contribution in [0.2, 0.25) is 0 Å². The lowest BCUT2D eigenvalue weighted by Crippen LogP contribution is -2.18. The number of anilines is 2. The van der Waals surface area contributed by atoms with E-state index in [4.69, 9.17) is 9.94 Å². The fraction of sp³-hybridized carbons (Fsp3) is 0.250. The Bertz CT molecular complexity index is 945. The molecule has 0 radical (unpaired) electrons. The predicted octanol–water partition coefficient (Wildman–Crippen LogP) is 2.62.